The third-order valence-corrected chi connectivity index (χ3v) is 9.37. The second-order valence-corrected chi connectivity index (χ2v) is 12.4. The van der Waals surface area contributed by atoms with Gasteiger partial charge in [0.1, 0.15) is 0 Å². The number of benzene rings is 1. The lowest BCUT2D eigenvalue weighted by Gasteiger charge is -2.33. The number of aryl methyl sites for hydroxylation is 1. The molecule has 0 saturated heterocycles. The highest BCUT2D eigenvalue weighted by Gasteiger charge is 2.27. The van der Waals surface area contributed by atoms with E-state index in [1.165, 1.54) is 109 Å². The Bertz CT molecular complexity index is 843. The smallest absolute Gasteiger partial charge is 0.166 e. The van der Waals surface area contributed by atoms with Crippen LogP contribution in [0.1, 0.15) is 153 Å². The lowest BCUT2D eigenvalue weighted by atomic mass is 9.72. The highest BCUT2D eigenvalue weighted by Crippen LogP contribution is 2.40. The first kappa shape index (κ1) is 31.1. The summed E-state index contributed by atoms with van der Waals surface area (Å²) in [5.41, 5.74) is 1.81. The van der Waals surface area contributed by atoms with Crippen LogP contribution in [0.3, 0.4) is 0 Å². The van der Waals surface area contributed by atoms with E-state index < -0.39 is 11.6 Å². The van der Waals surface area contributed by atoms with Gasteiger partial charge in [0.05, 0.1) is 0 Å². The fourth-order valence-corrected chi connectivity index (χ4v) is 6.76. The number of halogens is 2. The molecular weight excluding hydrogens is 470 g/mol. The third-order valence-electron chi connectivity index (χ3n) is 9.37. The van der Waals surface area contributed by atoms with E-state index in [-0.39, 0.29) is 0 Å². The Morgan fingerprint density at radius 1 is 0.684 bits per heavy atom. The molecule has 0 radical (unpaired) electrons. The zero-order chi connectivity index (χ0) is 27.0. The van der Waals surface area contributed by atoms with Crippen molar-refractivity contribution in [3.05, 3.63) is 53.1 Å². The van der Waals surface area contributed by atoms with E-state index in [1.54, 1.807) is 6.07 Å². The van der Waals surface area contributed by atoms with E-state index in [4.69, 9.17) is 0 Å². The van der Waals surface area contributed by atoms with Crippen LogP contribution < -0.4 is 0 Å². The first-order chi connectivity index (χ1) is 18.6. The quantitative estimate of drug-likeness (QED) is 0.167. The van der Waals surface area contributed by atoms with Crippen molar-refractivity contribution in [2.75, 3.05) is 0 Å². The van der Waals surface area contributed by atoms with E-state index in [2.05, 4.69) is 32.1 Å². The van der Waals surface area contributed by atoms with Crippen molar-refractivity contribution in [3.8, 4) is 0 Å². The van der Waals surface area contributed by atoms with Crippen LogP contribution in [0.4, 0.5) is 8.78 Å². The number of hydrogen-bond donors (Lipinski definition) is 0. The summed E-state index contributed by atoms with van der Waals surface area (Å²) in [5.74, 6) is 0.936. The Morgan fingerprint density at radius 3 is 1.89 bits per heavy atom. The molecule has 0 bridgehead atoms. The molecule has 2 aliphatic carbocycles. The molecule has 1 unspecified atom stereocenters. The van der Waals surface area contributed by atoms with Crippen molar-refractivity contribution in [2.24, 2.45) is 17.8 Å². The summed E-state index contributed by atoms with van der Waals surface area (Å²) >= 11 is 0. The highest BCUT2D eigenvalue weighted by atomic mass is 19.2. The van der Waals surface area contributed by atoms with Crippen LogP contribution in [-0.2, 0) is 6.42 Å². The van der Waals surface area contributed by atoms with Gasteiger partial charge in [0, 0.05) is 5.56 Å². The summed E-state index contributed by atoms with van der Waals surface area (Å²) in [6, 6.07) is 3.62. The fraction of sp³-hybridized carbons (Fsp3) is 0.722. The molecule has 1 fully saturated rings. The van der Waals surface area contributed by atoms with Crippen LogP contribution in [0.25, 0.3) is 5.57 Å². The summed E-state index contributed by atoms with van der Waals surface area (Å²) in [4.78, 5) is 0. The van der Waals surface area contributed by atoms with Crippen molar-refractivity contribution >= 4 is 5.57 Å². The summed E-state index contributed by atoms with van der Waals surface area (Å²) in [6.07, 6.45) is 33.2. The average Bonchev–Trinajstić information content (AvgIpc) is 2.95. The van der Waals surface area contributed by atoms with Crippen molar-refractivity contribution in [2.45, 2.75) is 149 Å². The molecule has 0 heterocycles. The first-order valence-corrected chi connectivity index (χ1v) is 16.5. The topological polar surface area (TPSA) is 0 Å². The van der Waals surface area contributed by atoms with Gasteiger partial charge in [-0.25, -0.2) is 8.78 Å². The standard InChI is InChI=1S/C36H56F2/c1-3-5-7-9-11-12-13-15-17-29-19-21-30(22-20-29)31-23-25-32(26-24-31)34-28-27-33(35(37)36(34)38)18-16-14-10-8-6-4-2/h23,25-31H,3-22,24H2,1-2H3. The maximum Gasteiger partial charge on any atom is 0.166 e. The number of rotatable bonds is 18. The molecule has 0 N–H and O–H groups in total. The zero-order valence-electron chi connectivity index (χ0n) is 24.7. The van der Waals surface area contributed by atoms with Crippen molar-refractivity contribution in [1.29, 1.82) is 0 Å². The number of unbranched alkanes of at least 4 members (excludes halogenated alkanes) is 12. The Morgan fingerprint density at radius 2 is 1.29 bits per heavy atom. The summed E-state index contributed by atoms with van der Waals surface area (Å²) in [7, 11) is 0. The van der Waals surface area contributed by atoms with Gasteiger partial charge in [-0.05, 0) is 61.0 Å². The Hall–Kier alpha value is -1.44. The maximum absolute atomic E-state index is 15.0. The van der Waals surface area contributed by atoms with Crippen LogP contribution in [0.15, 0.2) is 30.4 Å². The van der Waals surface area contributed by atoms with Crippen molar-refractivity contribution in [1.82, 2.24) is 0 Å². The van der Waals surface area contributed by atoms with Gasteiger partial charge in [0.25, 0.3) is 0 Å². The molecular formula is C36H56F2. The molecule has 1 aromatic carbocycles. The van der Waals surface area contributed by atoms with Gasteiger partial charge < -0.3 is 0 Å². The molecule has 214 valence electrons. The highest BCUT2D eigenvalue weighted by molar-refractivity contribution is 5.75. The minimum Gasteiger partial charge on any atom is -0.203 e. The lowest BCUT2D eigenvalue weighted by Crippen LogP contribution is -2.21. The van der Waals surface area contributed by atoms with Crippen molar-refractivity contribution < 1.29 is 8.78 Å². The first-order valence-electron chi connectivity index (χ1n) is 16.5. The monoisotopic (exact) mass is 526 g/mol. The average molecular weight is 527 g/mol. The van der Waals surface area contributed by atoms with E-state index >= 15 is 0 Å². The van der Waals surface area contributed by atoms with Gasteiger partial charge >= 0.3 is 0 Å². The third kappa shape index (κ3) is 10.3. The van der Waals surface area contributed by atoms with Crippen LogP contribution in [0.2, 0.25) is 0 Å². The minimum atomic E-state index is -0.663. The second kappa shape index (κ2) is 18.0. The molecule has 0 spiro atoms. The predicted molar refractivity (Wildman–Crippen MR) is 161 cm³/mol. The van der Waals surface area contributed by atoms with Crippen LogP contribution in [0, 0.1) is 29.4 Å². The molecule has 3 rings (SSSR count). The largest absolute Gasteiger partial charge is 0.203 e. The number of hydrogen-bond acceptors (Lipinski definition) is 0. The molecule has 0 nitrogen and oxygen atoms in total. The summed E-state index contributed by atoms with van der Waals surface area (Å²) < 4.78 is 29.8. The molecule has 1 atom stereocenters. The summed E-state index contributed by atoms with van der Waals surface area (Å²) in [5, 5.41) is 0. The van der Waals surface area contributed by atoms with Crippen LogP contribution >= 0.6 is 0 Å². The van der Waals surface area contributed by atoms with Gasteiger partial charge in [0.15, 0.2) is 11.6 Å². The maximum atomic E-state index is 15.0. The van der Waals surface area contributed by atoms with Gasteiger partial charge in [-0.15, -0.1) is 0 Å². The molecule has 1 saturated carbocycles. The van der Waals surface area contributed by atoms with Gasteiger partial charge in [-0.1, -0.05) is 147 Å². The van der Waals surface area contributed by atoms with Crippen LogP contribution in [0.5, 0.6) is 0 Å². The molecule has 2 heteroatoms. The molecule has 1 aromatic rings. The molecule has 0 aromatic heterocycles. The fourth-order valence-electron chi connectivity index (χ4n) is 6.76. The normalized spacial score (nSPS) is 21.6. The van der Waals surface area contributed by atoms with Gasteiger partial charge in [-0.2, -0.15) is 0 Å². The minimum absolute atomic E-state index is 0.429. The second-order valence-electron chi connectivity index (χ2n) is 12.4. The Kier molecular flexibility index (Phi) is 14.7. The van der Waals surface area contributed by atoms with Gasteiger partial charge in [0.2, 0.25) is 0 Å². The Labute approximate surface area is 233 Å². The van der Waals surface area contributed by atoms with Crippen molar-refractivity contribution in [3.63, 3.8) is 0 Å². The van der Waals surface area contributed by atoms with Crippen LogP contribution in [-0.4, -0.2) is 0 Å². The van der Waals surface area contributed by atoms with E-state index in [0.717, 1.165) is 36.7 Å². The predicted octanol–water partition coefficient (Wildman–Crippen LogP) is 12.2. The summed E-state index contributed by atoms with van der Waals surface area (Å²) in [6.45, 7) is 4.49. The van der Waals surface area contributed by atoms with E-state index in [9.17, 15) is 8.78 Å². The van der Waals surface area contributed by atoms with E-state index in [1.807, 2.05) is 6.07 Å². The van der Waals surface area contributed by atoms with E-state index in [0.29, 0.717) is 23.5 Å². The van der Waals surface area contributed by atoms with Gasteiger partial charge in [-0.3, -0.25) is 0 Å². The molecule has 0 aliphatic heterocycles. The zero-order valence-corrected chi connectivity index (χ0v) is 24.7. The Balaban J connectivity index is 1.36. The molecule has 2 aliphatic rings. The molecule has 38 heavy (non-hydrogen) atoms. The SMILES string of the molecule is CCCCCCCCCCC1CCC(C2C=CC(c3ccc(CCCCCCCC)c(F)c3F)=CC2)CC1. The molecule has 0 amide bonds. The lowest BCUT2D eigenvalue weighted by molar-refractivity contribution is 0.218. The number of allylic oxidation sites excluding steroid dienone is 4.